The number of esters is 2. The van der Waals surface area contributed by atoms with E-state index in [9.17, 15) is 30.0 Å². The summed E-state index contributed by atoms with van der Waals surface area (Å²) in [5, 5.41) is 43.4. The summed E-state index contributed by atoms with van der Waals surface area (Å²) < 4.78 is 10.3. The topological polar surface area (TPSA) is 134 Å². The van der Waals surface area contributed by atoms with E-state index in [4.69, 9.17) is 9.47 Å². The number of phenolic OH excluding ortho intramolecular Hbond substituents is 2. The van der Waals surface area contributed by atoms with Gasteiger partial charge in [-0.1, -0.05) is 107 Å². The van der Waals surface area contributed by atoms with E-state index in [0.717, 1.165) is 39.5 Å². The molecule has 0 saturated carbocycles. The van der Waals surface area contributed by atoms with Gasteiger partial charge in [-0.15, -0.1) is 0 Å². The zero-order valence-corrected chi connectivity index (χ0v) is 30.1. The number of phenols is 2. The molecule has 0 aliphatic rings. The van der Waals surface area contributed by atoms with Crippen molar-refractivity contribution in [2.24, 2.45) is 0 Å². The highest BCUT2D eigenvalue weighted by Gasteiger charge is 2.41. The van der Waals surface area contributed by atoms with Crippen LogP contribution in [0.25, 0.3) is 0 Å². The number of carbonyl (C=O) groups is 2. The summed E-state index contributed by atoms with van der Waals surface area (Å²) in [6.07, 6.45) is 1.15. The van der Waals surface area contributed by atoms with Gasteiger partial charge in [0.15, 0.2) is 0 Å². The molecule has 0 aliphatic carbocycles. The third-order valence-electron chi connectivity index (χ3n) is 7.91. The van der Waals surface area contributed by atoms with Crippen molar-refractivity contribution in [1.29, 1.82) is 0 Å². The predicted molar refractivity (Wildman–Crippen MR) is 181 cm³/mol. The fraction of sp³-hybridized carbons (Fsp3) is 0.579. The molecule has 2 aromatic rings. The third-order valence-corrected chi connectivity index (χ3v) is 7.91. The smallest absolute Gasteiger partial charge is 0.436 e. The fourth-order valence-corrected chi connectivity index (χ4v) is 5.18. The monoisotopic (exact) mass is 640 g/mol. The highest BCUT2D eigenvalue weighted by atomic mass is 16.8. The van der Waals surface area contributed by atoms with Gasteiger partial charge >= 0.3 is 17.9 Å². The Kier molecular flexibility index (Phi) is 11.5. The van der Waals surface area contributed by atoms with Gasteiger partial charge < -0.3 is 29.9 Å². The first-order valence-electron chi connectivity index (χ1n) is 16.0. The average Bonchev–Trinajstić information content (AvgIpc) is 2.88. The maximum Gasteiger partial charge on any atom is 0.436 e. The Bertz CT molecular complexity index is 1280. The summed E-state index contributed by atoms with van der Waals surface area (Å²) in [7, 11) is 0. The number of aliphatic hydroxyl groups excluding tert-OH is 1. The maximum absolute atomic E-state index is 13.0. The van der Waals surface area contributed by atoms with Gasteiger partial charge in [-0.25, -0.2) is 0 Å². The second-order valence-corrected chi connectivity index (χ2v) is 16.3. The van der Waals surface area contributed by atoms with Crippen LogP contribution < -0.4 is 0 Å². The molecule has 0 unspecified atom stereocenters. The number of aryl methyl sites for hydroxylation is 2. The lowest BCUT2D eigenvalue weighted by molar-refractivity contribution is -0.315. The summed E-state index contributed by atoms with van der Waals surface area (Å²) in [6.45, 7) is 25.3. The molecule has 4 N–H and O–H groups in total. The van der Waals surface area contributed by atoms with E-state index in [1.165, 1.54) is 6.92 Å². The number of aromatic hydroxyl groups is 2. The molecule has 0 heterocycles. The lowest BCUT2D eigenvalue weighted by atomic mass is 9.78. The van der Waals surface area contributed by atoms with Crippen LogP contribution in [0, 0.1) is 0 Å². The second kappa shape index (κ2) is 13.7. The molecule has 0 saturated heterocycles. The Morgan fingerprint density at radius 3 is 1.09 bits per heavy atom. The Hall–Kier alpha value is -3.52. The maximum atomic E-state index is 13.0. The Morgan fingerprint density at radius 1 is 0.609 bits per heavy atom. The van der Waals surface area contributed by atoms with Crippen molar-refractivity contribution in [2.45, 2.75) is 143 Å². The number of hydrogen-bond acceptors (Lipinski definition) is 8. The quantitative estimate of drug-likeness (QED) is 0.123. The Morgan fingerprint density at radius 2 is 0.870 bits per heavy atom. The molecule has 0 radical (unpaired) electrons. The molecule has 0 amide bonds. The number of aliphatic hydroxyl groups is 2. The highest BCUT2D eigenvalue weighted by Crippen LogP contribution is 2.41. The number of benzene rings is 2. The molecule has 0 aromatic heterocycles. The molecule has 0 atom stereocenters. The van der Waals surface area contributed by atoms with Crippen LogP contribution in [-0.4, -0.2) is 38.3 Å². The van der Waals surface area contributed by atoms with Gasteiger partial charge in [0.2, 0.25) is 5.76 Å². The van der Waals surface area contributed by atoms with Crippen LogP contribution in [-0.2, 0) is 53.6 Å². The first kappa shape index (κ1) is 38.7. The largest absolute Gasteiger partial charge is 0.507 e. The number of allylic oxidation sites excluding steroid dienone is 1. The zero-order valence-electron chi connectivity index (χ0n) is 30.1. The normalized spacial score (nSPS) is 13.5. The number of hydrogen-bond donors (Lipinski definition) is 4. The summed E-state index contributed by atoms with van der Waals surface area (Å²) in [6, 6.07) is 7.42. The van der Waals surface area contributed by atoms with E-state index < -0.39 is 23.7 Å². The molecule has 8 nitrogen and oxygen atoms in total. The minimum Gasteiger partial charge on any atom is -0.507 e. The molecule has 2 rings (SSSR count). The first-order chi connectivity index (χ1) is 20.7. The highest BCUT2D eigenvalue weighted by molar-refractivity contribution is 5.73. The molecule has 0 aliphatic heterocycles. The lowest BCUT2D eigenvalue weighted by Gasteiger charge is -2.28. The third kappa shape index (κ3) is 9.74. The minimum atomic E-state index is -2.99. The van der Waals surface area contributed by atoms with Crippen molar-refractivity contribution in [3.8, 4) is 11.5 Å². The van der Waals surface area contributed by atoms with Gasteiger partial charge in [-0.2, -0.15) is 0 Å². The van der Waals surface area contributed by atoms with E-state index in [0.29, 0.717) is 0 Å². The average molecular weight is 641 g/mol. The van der Waals surface area contributed by atoms with Crippen LogP contribution in [0.5, 0.6) is 11.5 Å². The Labute approximate surface area is 275 Å². The van der Waals surface area contributed by atoms with Gasteiger partial charge in [0.05, 0.1) is 0 Å². The van der Waals surface area contributed by atoms with Crippen LogP contribution in [0.4, 0.5) is 0 Å². The second-order valence-electron chi connectivity index (χ2n) is 16.3. The van der Waals surface area contributed by atoms with E-state index in [2.05, 4.69) is 0 Å². The van der Waals surface area contributed by atoms with Crippen LogP contribution in [0.2, 0.25) is 0 Å². The van der Waals surface area contributed by atoms with E-state index in [1.54, 1.807) is 0 Å². The van der Waals surface area contributed by atoms with Crippen LogP contribution in [0.1, 0.15) is 136 Å². The van der Waals surface area contributed by atoms with Crippen molar-refractivity contribution in [2.75, 3.05) is 0 Å². The molecule has 46 heavy (non-hydrogen) atoms. The first-order valence-corrected chi connectivity index (χ1v) is 16.0. The molecule has 0 fully saturated rings. The van der Waals surface area contributed by atoms with Crippen molar-refractivity contribution >= 4 is 11.9 Å². The summed E-state index contributed by atoms with van der Waals surface area (Å²) >= 11 is 0. The fourth-order valence-electron chi connectivity index (χ4n) is 5.18. The van der Waals surface area contributed by atoms with Crippen LogP contribution in [0.15, 0.2) is 36.1 Å². The van der Waals surface area contributed by atoms with E-state index >= 15 is 0 Å². The zero-order chi connectivity index (χ0) is 35.6. The standard InChI is InChI=1S/C38H56O8/c1-14-29(39)38(44,45-30(40)17-15-23-19-25(34(2,3)4)32(42)26(20-23)35(5,6)7)46-31(41)18-16-24-21-27(36(8,9)10)33(43)28(22-24)37(11,12)13/h14,19-22,39,42-44H,15-18H2,1-13H3. The van der Waals surface area contributed by atoms with Crippen molar-refractivity contribution in [1.82, 2.24) is 0 Å². The van der Waals surface area contributed by atoms with Crippen molar-refractivity contribution in [3.63, 3.8) is 0 Å². The molecule has 0 spiro atoms. The number of carbonyl (C=O) groups excluding carboxylic acids is 2. The molecular formula is C38H56O8. The number of rotatable bonds is 9. The van der Waals surface area contributed by atoms with Gasteiger partial charge in [-0.05, 0) is 80.9 Å². The van der Waals surface area contributed by atoms with Gasteiger partial charge in [-0.3, -0.25) is 9.59 Å². The minimum absolute atomic E-state index is 0.187. The van der Waals surface area contributed by atoms with Gasteiger partial charge in [0.25, 0.3) is 0 Å². The molecule has 0 bridgehead atoms. The van der Waals surface area contributed by atoms with Crippen LogP contribution in [0.3, 0.4) is 0 Å². The molecule has 8 heteroatoms. The molecule has 256 valence electrons. The Balaban J connectivity index is 2.25. The predicted octanol–water partition coefficient (Wildman–Crippen LogP) is 8.05. The molecule has 2 aromatic carbocycles. The van der Waals surface area contributed by atoms with Crippen molar-refractivity contribution in [3.05, 3.63) is 69.5 Å². The summed E-state index contributed by atoms with van der Waals surface area (Å²) in [5.41, 5.74) is 3.17. The van der Waals surface area contributed by atoms with Gasteiger partial charge in [0.1, 0.15) is 11.5 Å². The lowest BCUT2D eigenvalue weighted by Crippen LogP contribution is -2.42. The van der Waals surface area contributed by atoms with E-state index in [1.807, 2.05) is 107 Å². The summed E-state index contributed by atoms with van der Waals surface area (Å²) in [4.78, 5) is 25.9. The van der Waals surface area contributed by atoms with E-state index in [-0.39, 0.29) is 58.8 Å². The summed E-state index contributed by atoms with van der Waals surface area (Å²) in [5.74, 6) is -5.17. The van der Waals surface area contributed by atoms with Gasteiger partial charge in [0, 0.05) is 12.8 Å². The molecular weight excluding hydrogens is 584 g/mol. The van der Waals surface area contributed by atoms with Crippen LogP contribution >= 0.6 is 0 Å². The number of ether oxygens (including phenoxy) is 2. The SMILES string of the molecule is CC=C(O)C(O)(OC(=O)CCc1cc(C(C)(C)C)c(O)c(C(C)(C)C)c1)OC(=O)CCc1cc(C(C)(C)C)c(O)c(C(C)(C)C)c1. The van der Waals surface area contributed by atoms with Crippen molar-refractivity contribution < 1.29 is 39.5 Å².